The number of carbonyl (C=O) groups is 1. The zero-order valence-electron chi connectivity index (χ0n) is 12.9. The van der Waals surface area contributed by atoms with Gasteiger partial charge in [-0.25, -0.2) is 0 Å². The smallest absolute Gasteiger partial charge is 0.223 e. The highest BCUT2D eigenvalue weighted by Crippen LogP contribution is 2.14. The zero-order chi connectivity index (χ0) is 15.0. The first-order valence-corrected chi connectivity index (χ1v) is 8.66. The molecule has 0 N–H and O–H groups in total. The molecule has 0 spiro atoms. The van der Waals surface area contributed by atoms with Gasteiger partial charge >= 0.3 is 0 Å². The lowest BCUT2D eigenvalue weighted by Crippen LogP contribution is -2.41. The number of alkyl halides is 1. The summed E-state index contributed by atoms with van der Waals surface area (Å²) in [4.78, 5) is 14.5. The Morgan fingerprint density at radius 3 is 2.45 bits per heavy atom. The molecule has 2 nitrogen and oxygen atoms in total. The van der Waals surface area contributed by atoms with E-state index in [0.717, 1.165) is 31.1 Å². The van der Waals surface area contributed by atoms with Gasteiger partial charge in [0, 0.05) is 24.3 Å². The van der Waals surface area contributed by atoms with Gasteiger partial charge in [-0.05, 0) is 37.3 Å². The van der Waals surface area contributed by atoms with Crippen molar-refractivity contribution in [3.8, 4) is 0 Å². The number of hydrogen-bond acceptors (Lipinski definition) is 1. The van der Waals surface area contributed by atoms with E-state index in [1.807, 2.05) is 17.0 Å². The van der Waals surface area contributed by atoms with Gasteiger partial charge in [0.05, 0.1) is 0 Å². The Morgan fingerprint density at radius 2 is 1.90 bits per heavy atom. The summed E-state index contributed by atoms with van der Waals surface area (Å²) in [6.07, 6.45) is 3.50. The van der Waals surface area contributed by atoms with Crippen LogP contribution in [0.1, 0.15) is 44.2 Å². The first-order valence-electron chi connectivity index (χ1n) is 7.53. The largest absolute Gasteiger partial charge is 0.339 e. The number of benzene rings is 1. The van der Waals surface area contributed by atoms with Crippen molar-refractivity contribution in [3.63, 3.8) is 0 Å². The van der Waals surface area contributed by atoms with Crippen LogP contribution in [0.3, 0.4) is 0 Å². The van der Waals surface area contributed by atoms with E-state index in [4.69, 9.17) is 0 Å². The number of hydrogen-bond donors (Lipinski definition) is 0. The van der Waals surface area contributed by atoms with Gasteiger partial charge in [-0.15, -0.1) is 0 Å². The zero-order valence-corrected chi connectivity index (χ0v) is 14.4. The number of halogens is 1. The fourth-order valence-corrected chi connectivity index (χ4v) is 2.99. The third-order valence-corrected chi connectivity index (χ3v) is 4.25. The molecule has 0 aromatic heterocycles. The van der Waals surface area contributed by atoms with Gasteiger partial charge in [0.1, 0.15) is 0 Å². The van der Waals surface area contributed by atoms with E-state index in [1.165, 1.54) is 11.1 Å². The van der Waals surface area contributed by atoms with Gasteiger partial charge in [0.15, 0.2) is 0 Å². The number of amides is 1. The van der Waals surface area contributed by atoms with Gasteiger partial charge < -0.3 is 4.90 Å². The molecule has 0 radical (unpaired) electrons. The minimum atomic E-state index is 0.279. The van der Waals surface area contributed by atoms with Gasteiger partial charge in [-0.3, -0.25) is 4.79 Å². The number of nitrogens with zero attached hydrogens (tertiary/aromatic N) is 1. The molecule has 0 aliphatic heterocycles. The summed E-state index contributed by atoms with van der Waals surface area (Å²) in [6, 6.07) is 8.69. The Bertz CT molecular complexity index is 415. The standard InChI is InChI=1S/C17H26BrNO/c1-4-16(5-2)19(13-12-18)17(20)11-10-15-9-7-6-8-14(15)3/h6-9,16H,4-5,10-13H2,1-3H3. The Kier molecular flexibility index (Phi) is 7.90. The SMILES string of the molecule is CCC(CC)N(CCBr)C(=O)CCc1ccccc1C. The summed E-state index contributed by atoms with van der Waals surface area (Å²) in [7, 11) is 0. The van der Waals surface area contributed by atoms with Gasteiger partial charge in [0.2, 0.25) is 5.91 Å². The van der Waals surface area contributed by atoms with Crippen LogP contribution in [0.5, 0.6) is 0 Å². The predicted octanol–water partition coefficient (Wildman–Crippen LogP) is 4.34. The molecular weight excluding hydrogens is 314 g/mol. The van der Waals surface area contributed by atoms with E-state index in [9.17, 15) is 4.79 Å². The first-order chi connectivity index (χ1) is 9.63. The molecule has 0 unspecified atom stereocenters. The Morgan fingerprint density at radius 1 is 1.25 bits per heavy atom. The highest BCUT2D eigenvalue weighted by Gasteiger charge is 2.20. The molecule has 0 atom stereocenters. The topological polar surface area (TPSA) is 20.3 Å². The van der Waals surface area contributed by atoms with E-state index in [-0.39, 0.29) is 5.91 Å². The van der Waals surface area contributed by atoms with Gasteiger partial charge in [-0.1, -0.05) is 54.0 Å². The van der Waals surface area contributed by atoms with Crippen LogP contribution < -0.4 is 0 Å². The summed E-state index contributed by atoms with van der Waals surface area (Å²) < 4.78 is 0. The van der Waals surface area contributed by atoms with Gasteiger partial charge in [0.25, 0.3) is 0 Å². The molecular formula is C17H26BrNO. The highest BCUT2D eigenvalue weighted by molar-refractivity contribution is 9.09. The van der Waals surface area contributed by atoms with Crippen molar-refractivity contribution in [1.29, 1.82) is 0 Å². The van der Waals surface area contributed by atoms with Crippen LogP contribution in [0.15, 0.2) is 24.3 Å². The summed E-state index contributed by atoms with van der Waals surface area (Å²) in [5.41, 5.74) is 2.55. The third-order valence-electron chi connectivity index (χ3n) is 3.90. The maximum Gasteiger partial charge on any atom is 0.223 e. The molecule has 1 amide bonds. The van der Waals surface area contributed by atoms with E-state index in [1.54, 1.807) is 0 Å². The molecule has 0 heterocycles. The average Bonchev–Trinajstić information content (AvgIpc) is 2.46. The predicted molar refractivity (Wildman–Crippen MR) is 89.4 cm³/mol. The van der Waals surface area contributed by atoms with Crippen LogP contribution in [-0.4, -0.2) is 28.7 Å². The van der Waals surface area contributed by atoms with Crippen LogP contribution in [0.2, 0.25) is 0 Å². The lowest BCUT2D eigenvalue weighted by Gasteiger charge is -2.30. The van der Waals surface area contributed by atoms with Crippen molar-refractivity contribution in [3.05, 3.63) is 35.4 Å². The number of rotatable bonds is 8. The molecule has 0 bridgehead atoms. The Hall–Kier alpha value is -0.830. The van der Waals surface area contributed by atoms with Crippen LogP contribution in [0, 0.1) is 6.92 Å². The molecule has 20 heavy (non-hydrogen) atoms. The summed E-state index contributed by atoms with van der Waals surface area (Å²) >= 11 is 3.46. The van der Waals surface area contributed by atoms with Crippen molar-refractivity contribution < 1.29 is 4.79 Å². The molecule has 1 aromatic carbocycles. The van der Waals surface area contributed by atoms with E-state index in [2.05, 4.69) is 48.8 Å². The van der Waals surface area contributed by atoms with Crippen LogP contribution in [0.25, 0.3) is 0 Å². The second-order valence-corrected chi connectivity index (χ2v) is 5.97. The fourth-order valence-electron chi connectivity index (χ4n) is 2.61. The summed E-state index contributed by atoms with van der Waals surface area (Å²) in [5.74, 6) is 0.279. The van der Waals surface area contributed by atoms with Crippen LogP contribution in [-0.2, 0) is 11.2 Å². The first kappa shape index (κ1) is 17.2. The molecule has 0 saturated heterocycles. The molecule has 1 rings (SSSR count). The monoisotopic (exact) mass is 339 g/mol. The van der Waals surface area contributed by atoms with Crippen molar-refractivity contribution in [1.82, 2.24) is 4.90 Å². The molecule has 112 valence electrons. The molecule has 0 aliphatic carbocycles. The lowest BCUT2D eigenvalue weighted by molar-refractivity contribution is -0.133. The number of carbonyl (C=O) groups excluding carboxylic acids is 1. The fraction of sp³-hybridized carbons (Fsp3) is 0.588. The molecule has 0 saturated carbocycles. The van der Waals surface area contributed by atoms with Crippen molar-refractivity contribution in [2.24, 2.45) is 0 Å². The Balaban J connectivity index is 2.64. The normalized spacial score (nSPS) is 10.8. The van der Waals surface area contributed by atoms with Crippen LogP contribution in [0.4, 0.5) is 0 Å². The summed E-state index contributed by atoms with van der Waals surface area (Å²) in [6.45, 7) is 7.23. The average molecular weight is 340 g/mol. The Labute approximate surface area is 131 Å². The summed E-state index contributed by atoms with van der Waals surface area (Å²) in [5, 5.41) is 0.847. The second-order valence-electron chi connectivity index (χ2n) is 5.17. The maximum absolute atomic E-state index is 12.5. The van der Waals surface area contributed by atoms with Crippen molar-refractivity contribution in [2.45, 2.75) is 52.5 Å². The third kappa shape index (κ3) is 4.93. The van der Waals surface area contributed by atoms with E-state index < -0.39 is 0 Å². The second kappa shape index (κ2) is 9.17. The minimum Gasteiger partial charge on any atom is -0.339 e. The lowest BCUT2D eigenvalue weighted by atomic mass is 10.0. The molecule has 3 heteroatoms. The van der Waals surface area contributed by atoms with Crippen LogP contribution >= 0.6 is 15.9 Å². The van der Waals surface area contributed by atoms with Crippen molar-refractivity contribution >= 4 is 21.8 Å². The molecule has 0 aliphatic rings. The highest BCUT2D eigenvalue weighted by atomic mass is 79.9. The number of aryl methyl sites for hydroxylation is 2. The van der Waals surface area contributed by atoms with E-state index >= 15 is 0 Å². The minimum absolute atomic E-state index is 0.279. The van der Waals surface area contributed by atoms with Gasteiger partial charge in [-0.2, -0.15) is 0 Å². The maximum atomic E-state index is 12.5. The van der Waals surface area contributed by atoms with E-state index in [0.29, 0.717) is 12.5 Å². The van der Waals surface area contributed by atoms with Crippen molar-refractivity contribution in [2.75, 3.05) is 11.9 Å². The quantitative estimate of drug-likeness (QED) is 0.645. The molecule has 0 fully saturated rings. The molecule has 1 aromatic rings.